The van der Waals surface area contributed by atoms with Gasteiger partial charge in [0.05, 0.1) is 12.6 Å². The smallest absolute Gasteiger partial charge is 0.189 e. The monoisotopic (exact) mass is 317 g/mol. The number of benzene rings is 1. The molecule has 128 valence electrons. The van der Waals surface area contributed by atoms with E-state index in [0.717, 1.165) is 11.3 Å². The third kappa shape index (κ3) is 6.09. The third-order valence-electron chi connectivity index (χ3n) is 4.17. The van der Waals surface area contributed by atoms with Crippen LogP contribution >= 0.6 is 0 Å². The molecule has 0 saturated heterocycles. The minimum atomic E-state index is 0.0244. The predicted octanol–water partition coefficient (Wildman–Crippen LogP) is 5.54. The summed E-state index contributed by atoms with van der Waals surface area (Å²) in [5.41, 5.74) is 1.50. The summed E-state index contributed by atoms with van der Waals surface area (Å²) in [7, 11) is 1.60. The van der Waals surface area contributed by atoms with Gasteiger partial charge in [-0.05, 0) is 30.4 Å². The summed E-state index contributed by atoms with van der Waals surface area (Å²) < 4.78 is 5.04. The fourth-order valence-corrected chi connectivity index (χ4v) is 2.79. The Kier molecular flexibility index (Phi) is 7.87. The van der Waals surface area contributed by atoms with E-state index < -0.39 is 0 Å². The predicted molar refractivity (Wildman–Crippen MR) is 99.3 cm³/mol. The molecule has 0 unspecified atom stereocenters. The molecule has 0 aliphatic heterocycles. The third-order valence-corrected chi connectivity index (χ3v) is 4.17. The highest BCUT2D eigenvalue weighted by Gasteiger charge is 2.19. The van der Waals surface area contributed by atoms with Gasteiger partial charge in [-0.1, -0.05) is 47.0 Å². The quantitative estimate of drug-likeness (QED) is 0.750. The van der Waals surface area contributed by atoms with E-state index in [0.29, 0.717) is 10.8 Å². The van der Waals surface area contributed by atoms with E-state index >= 15 is 0 Å². The summed E-state index contributed by atoms with van der Waals surface area (Å²) in [6.45, 7) is 8.76. The molecule has 0 bridgehead atoms. The highest BCUT2D eigenvalue weighted by Crippen LogP contribution is 2.34. The van der Waals surface area contributed by atoms with Crippen molar-refractivity contribution in [3.8, 4) is 5.75 Å². The number of ether oxygens (including phenoxy) is 1. The number of pyridine rings is 1. The standard InChI is InChI=1S/C10H9NO2.C8H16.C2H6/c1-13-7-2-3-8-9(6-7)11-5-4-10(8)12;1-8(2)6-4-3-5-7-8;1-2/h2-6H,1H3,(H,11,12);3-7H2,1-2H3;1-2H3. The van der Waals surface area contributed by atoms with Crippen molar-refractivity contribution >= 4 is 10.9 Å². The number of nitrogens with one attached hydrogen (secondary N) is 1. The van der Waals surface area contributed by atoms with Gasteiger partial charge in [0.15, 0.2) is 5.43 Å². The van der Waals surface area contributed by atoms with E-state index in [1.165, 1.54) is 38.2 Å². The first-order chi connectivity index (χ1) is 11.0. The lowest BCUT2D eigenvalue weighted by Crippen LogP contribution is -2.14. The highest BCUT2D eigenvalue weighted by atomic mass is 16.5. The first-order valence-electron chi connectivity index (χ1n) is 8.67. The van der Waals surface area contributed by atoms with Crippen LogP contribution in [0.15, 0.2) is 35.3 Å². The molecule has 1 aliphatic rings. The van der Waals surface area contributed by atoms with E-state index in [-0.39, 0.29) is 5.43 Å². The van der Waals surface area contributed by atoms with Crippen LogP contribution in [-0.4, -0.2) is 12.1 Å². The van der Waals surface area contributed by atoms with E-state index in [1.54, 1.807) is 31.5 Å². The molecule has 3 nitrogen and oxygen atoms in total. The minimum Gasteiger partial charge on any atom is -0.497 e. The number of aromatic amines is 1. The molecule has 0 radical (unpaired) electrons. The van der Waals surface area contributed by atoms with Crippen molar-refractivity contribution in [3.63, 3.8) is 0 Å². The van der Waals surface area contributed by atoms with Crippen LogP contribution in [0.4, 0.5) is 0 Å². The van der Waals surface area contributed by atoms with E-state index in [9.17, 15) is 4.79 Å². The van der Waals surface area contributed by atoms with Crippen molar-refractivity contribution in [1.82, 2.24) is 4.98 Å². The molecule has 1 aromatic carbocycles. The van der Waals surface area contributed by atoms with Crippen molar-refractivity contribution in [1.29, 1.82) is 0 Å². The minimum absolute atomic E-state index is 0.0244. The van der Waals surface area contributed by atoms with E-state index in [2.05, 4.69) is 18.8 Å². The van der Waals surface area contributed by atoms with Crippen LogP contribution in [0, 0.1) is 5.41 Å². The van der Waals surface area contributed by atoms with Crippen molar-refractivity contribution in [2.24, 2.45) is 5.41 Å². The van der Waals surface area contributed by atoms with Gasteiger partial charge in [0, 0.05) is 23.7 Å². The number of hydrogen-bond acceptors (Lipinski definition) is 2. The molecule has 0 atom stereocenters. The maximum atomic E-state index is 11.3. The number of hydrogen-bond donors (Lipinski definition) is 1. The Bertz CT molecular complexity index is 635. The van der Waals surface area contributed by atoms with E-state index in [4.69, 9.17) is 4.74 Å². The first-order valence-corrected chi connectivity index (χ1v) is 8.67. The van der Waals surface area contributed by atoms with Crippen LogP contribution in [0.25, 0.3) is 10.9 Å². The molecular weight excluding hydrogens is 286 g/mol. The SMILES string of the molecule is CC.CC1(C)CCCCC1.COc1ccc2c(=O)cc[nH]c2c1. The molecule has 3 rings (SSSR count). The maximum absolute atomic E-state index is 11.3. The second-order valence-corrected chi connectivity index (χ2v) is 6.48. The Morgan fingerprint density at radius 3 is 2.22 bits per heavy atom. The van der Waals surface area contributed by atoms with Gasteiger partial charge in [-0.15, -0.1) is 0 Å². The van der Waals surface area contributed by atoms with Gasteiger partial charge in [-0.3, -0.25) is 4.79 Å². The fraction of sp³-hybridized carbons (Fsp3) is 0.550. The summed E-state index contributed by atoms with van der Waals surface area (Å²) in [6.07, 6.45) is 8.94. The van der Waals surface area contributed by atoms with Crippen LogP contribution < -0.4 is 10.2 Å². The van der Waals surface area contributed by atoms with Gasteiger partial charge in [0.2, 0.25) is 0 Å². The summed E-state index contributed by atoms with van der Waals surface area (Å²) in [4.78, 5) is 14.3. The van der Waals surface area contributed by atoms with Crippen LogP contribution in [0.3, 0.4) is 0 Å². The zero-order valence-corrected chi connectivity index (χ0v) is 15.2. The molecule has 1 N–H and O–H groups in total. The average Bonchev–Trinajstić information content (AvgIpc) is 2.57. The van der Waals surface area contributed by atoms with Gasteiger partial charge >= 0.3 is 0 Å². The molecule has 23 heavy (non-hydrogen) atoms. The second kappa shape index (κ2) is 9.39. The summed E-state index contributed by atoms with van der Waals surface area (Å²) in [5.74, 6) is 0.745. The zero-order valence-electron chi connectivity index (χ0n) is 15.2. The van der Waals surface area contributed by atoms with Crippen molar-refractivity contribution < 1.29 is 4.74 Å². The average molecular weight is 317 g/mol. The molecule has 1 fully saturated rings. The Labute approximate surface area is 140 Å². The van der Waals surface area contributed by atoms with Crippen LogP contribution in [0.1, 0.15) is 59.8 Å². The molecule has 1 saturated carbocycles. The first kappa shape index (κ1) is 19.3. The molecule has 0 spiro atoms. The Balaban J connectivity index is 0.000000228. The fourth-order valence-electron chi connectivity index (χ4n) is 2.79. The lowest BCUT2D eigenvalue weighted by Gasteiger charge is -2.28. The summed E-state index contributed by atoms with van der Waals surface area (Å²) >= 11 is 0. The van der Waals surface area contributed by atoms with Gasteiger partial charge < -0.3 is 9.72 Å². The number of rotatable bonds is 1. The second-order valence-electron chi connectivity index (χ2n) is 6.48. The Morgan fingerprint density at radius 1 is 1.04 bits per heavy atom. The topological polar surface area (TPSA) is 42.1 Å². The molecule has 3 heteroatoms. The Morgan fingerprint density at radius 2 is 1.70 bits per heavy atom. The van der Waals surface area contributed by atoms with Crippen molar-refractivity contribution in [2.75, 3.05) is 7.11 Å². The van der Waals surface area contributed by atoms with Gasteiger partial charge in [-0.25, -0.2) is 0 Å². The number of H-pyrrole nitrogens is 1. The van der Waals surface area contributed by atoms with Crippen LogP contribution in [0.5, 0.6) is 5.75 Å². The van der Waals surface area contributed by atoms with Crippen LogP contribution in [-0.2, 0) is 0 Å². The summed E-state index contributed by atoms with van der Waals surface area (Å²) in [5, 5.41) is 0.684. The largest absolute Gasteiger partial charge is 0.497 e. The normalized spacial score (nSPS) is 15.7. The van der Waals surface area contributed by atoms with Crippen LogP contribution in [0.2, 0.25) is 0 Å². The van der Waals surface area contributed by atoms with Crippen molar-refractivity contribution in [2.45, 2.75) is 59.8 Å². The van der Waals surface area contributed by atoms with Gasteiger partial charge in [0.1, 0.15) is 5.75 Å². The molecule has 0 amide bonds. The molecule has 1 aromatic heterocycles. The molecule has 1 heterocycles. The van der Waals surface area contributed by atoms with Crippen molar-refractivity contribution in [3.05, 3.63) is 40.7 Å². The maximum Gasteiger partial charge on any atom is 0.189 e. The highest BCUT2D eigenvalue weighted by molar-refractivity contribution is 5.79. The molecule has 2 aromatic rings. The summed E-state index contributed by atoms with van der Waals surface area (Å²) in [6, 6.07) is 6.84. The molecular formula is C20H31NO2. The number of methoxy groups -OCH3 is 1. The zero-order chi connectivity index (χ0) is 17.3. The van der Waals surface area contributed by atoms with Gasteiger partial charge in [-0.2, -0.15) is 0 Å². The molecule has 1 aliphatic carbocycles. The lowest BCUT2D eigenvalue weighted by atomic mass is 9.78. The number of aromatic nitrogens is 1. The number of fused-ring (bicyclic) bond motifs is 1. The van der Waals surface area contributed by atoms with Gasteiger partial charge in [0.25, 0.3) is 0 Å². The van der Waals surface area contributed by atoms with E-state index in [1.807, 2.05) is 13.8 Å². The Hall–Kier alpha value is -1.77. The lowest BCUT2D eigenvalue weighted by molar-refractivity contribution is 0.244.